The van der Waals surface area contributed by atoms with Crippen LogP contribution in [-0.2, 0) is 6.61 Å². The molecule has 29 heavy (non-hydrogen) atoms. The van der Waals surface area contributed by atoms with Crippen molar-refractivity contribution in [1.29, 1.82) is 0 Å². The third kappa shape index (κ3) is 5.80. The molecule has 7 heteroatoms. The number of rotatable bonds is 7. The molecular weight excluding hydrogens is 431 g/mol. The maximum atomic E-state index is 6.19. The van der Waals surface area contributed by atoms with Crippen LogP contribution in [0.2, 0.25) is 15.1 Å². The van der Waals surface area contributed by atoms with Gasteiger partial charge in [-0.05, 0) is 60.5 Å². The molecule has 0 saturated heterocycles. The highest BCUT2D eigenvalue weighted by Crippen LogP contribution is 2.30. The van der Waals surface area contributed by atoms with Gasteiger partial charge >= 0.3 is 0 Å². The minimum atomic E-state index is 0.301. The minimum Gasteiger partial charge on any atom is -0.493 e. The molecule has 3 aromatic rings. The Kier molecular flexibility index (Phi) is 7.26. The molecular formula is C22H19Cl3N2O2. The smallest absolute Gasteiger partial charge is 0.161 e. The number of hydrazone groups is 1. The van der Waals surface area contributed by atoms with Gasteiger partial charge in [0.1, 0.15) is 6.61 Å². The molecule has 0 fully saturated rings. The van der Waals surface area contributed by atoms with Crippen molar-refractivity contribution >= 4 is 46.7 Å². The van der Waals surface area contributed by atoms with Gasteiger partial charge < -0.3 is 9.47 Å². The van der Waals surface area contributed by atoms with E-state index < -0.39 is 0 Å². The number of hydrogen-bond donors (Lipinski definition) is 1. The van der Waals surface area contributed by atoms with Crippen molar-refractivity contribution in [2.24, 2.45) is 5.10 Å². The number of ether oxygens (including phenoxy) is 2. The summed E-state index contributed by atoms with van der Waals surface area (Å²) in [7, 11) is 1.59. The number of halogens is 3. The summed E-state index contributed by atoms with van der Waals surface area (Å²) in [5, 5.41) is 6.07. The molecule has 4 nitrogen and oxygen atoms in total. The highest BCUT2D eigenvalue weighted by atomic mass is 35.5. The van der Waals surface area contributed by atoms with E-state index in [9.17, 15) is 0 Å². The Labute approximate surface area is 185 Å². The van der Waals surface area contributed by atoms with Crippen LogP contribution in [0.15, 0.2) is 59.7 Å². The second kappa shape index (κ2) is 9.88. The van der Waals surface area contributed by atoms with Crippen molar-refractivity contribution in [3.63, 3.8) is 0 Å². The fraction of sp³-hybridized carbons (Fsp3) is 0.136. The van der Waals surface area contributed by atoms with E-state index in [1.807, 2.05) is 49.4 Å². The molecule has 1 N–H and O–H groups in total. The van der Waals surface area contributed by atoms with Gasteiger partial charge in [-0.15, -0.1) is 0 Å². The number of hydrogen-bond acceptors (Lipinski definition) is 4. The summed E-state index contributed by atoms with van der Waals surface area (Å²) in [6, 6.07) is 16.5. The Balaban J connectivity index is 1.66. The first-order chi connectivity index (χ1) is 14.0. The topological polar surface area (TPSA) is 42.8 Å². The fourth-order valence-electron chi connectivity index (χ4n) is 2.52. The molecule has 0 heterocycles. The molecule has 3 rings (SSSR count). The van der Waals surface area contributed by atoms with Crippen molar-refractivity contribution in [2.45, 2.75) is 13.5 Å². The molecule has 0 radical (unpaired) electrons. The second-order valence-corrected chi connectivity index (χ2v) is 7.52. The predicted molar refractivity (Wildman–Crippen MR) is 121 cm³/mol. The van der Waals surface area contributed by atoms with E-state index in [-0.39, 0.29) is 0 Å². The number of nitrogens with zero attached hydrogens (tertiary/aromatic N) is 1. The molecule has 0 unspecified atom stereocenters. The van der Waals surface area contributed by atoms with Gasteiger partial charge in [0.2, 0.25) is 0 Å². The van der Waals surface area contributed by atoms with Crippen LogP contribution < -0.4 is 14.9 Å². The van der Waals surface area contributed by atoms with Crippen molar-refractivity contribution in [3.8, 4) is 11.5 Å². The average Bonchev–Trinajstić information content (AvgIpc) is 2.70. The Hall–Kier alpha value is -2.40. The molecule has 0 saturated carbocycles. The monoisotopic (exact) mass is 448 g/mol. The lowest BCUT2D eigenvalue weighted by Gasteiger charge is -2.12. The Morgan fingerprint density at radius 3 is 2.48 bits per heavy atom. The minimum absolute atomic E-state index is 0.301. The average molecular weight is 450 g/mol. The van der Waals surface area contributed by atoms with E-state index in [0.717, 1.165) is 22.4 Å². The molecule has 150 valence electrons. The first-order valence-electron chi connectivity index (χ1n) is 8.76. The second-order valence-electron chi connectivity index (χ2n) is 6.27. The summed E-state index contributed by atoms with van der Waals surface area (Å²) < 4.78 is 11.3. The number of aryl methyl sites for hydroxylation is 1. The van der Waals surface area contributed by atoms with Gasteiger partial charge in [0.05, 0.1) is 19.0 Å². The summed E-state index contributed by atoms with van der Waals surface area (Å²) in [6.45, 7) is 2.25. The molecule has 0 aliphatic carbocycles. The standard InChI is InChI=1S/C22H19Cl3N2O2/c1-14-3-7-18(11-19(14)24)27-26-12-15-4-8-21(22(9-15)28-2)29-13-16-5-6-17(23)10-20(16)25/h3-12,27H,13H2,1-2H3/b26-12+. The number of benzene rings is 3. The van der Waals surface area contributed by atoms with Crippen LogP contribution in [0.25, 0.3) is 0 Å². The lowest BCUT2D eigenvalue weighted by molar-refractivity contribution is 0.284. The first kappa shape index (κ1) is 21.3. The molecule has 0 atom stereocenters. The van der Waals surface area contributed by atoms with E-state index in [1.165, 1.54) is 0 Å². The zero-order chi connectivity index (χ0) is 20.8. The van der Waals surface area contributed by atoms with Gasteiger partial charge in [0, 0.05) is 20.6 Å². The molecule has 0 aliphatic heterocycles. The molecule has 0 aliphatic rings. The van der Waals surface area contributed by atoms with Gasteiger partial charge in [-0.2, -0.15) is 5.10 Å². The highest BCUT2D eigenvalue weighted by Gasteiger charge is 2.08. The van der Waals surface area contributed by atoms with Crippen LogP contribution in [0.1, 0.15) is 16.7 Å². The highest BCUT2D eigenvalue weighted by molar-refractivity contribution is 6.35. The third-order valence-electron chi connectivity index (χ3n) is 4.17. The summed E-state index contributed by atoms with van der Waals surface area (Å²) >= 11 is 18.2. The van der Waals surface area contributed by atoms with Gasteiger partial charge in [0.25, 0.3) is 0 Å². The molecule has 0 amide bonds. The zero-order valence-electron chi connectivity index (χ0n) is 15.9. The number of anilines is 1. The van der Waals surface area contributed by atoms with Crippen molar-refractivity contribution in [3.05, 3.63) is 86.4 Å². The molecule has 0 bridgehead atoms. The first-order valence-corrected chi connectivity index (χ1v) is 9.89. The summed E-state index contributed by atoms with van der Waals surface area (Å²) in [5.74, 6) is 1.20. The third-order valence-corrected chi connectivity index (χ3v) is 5.16. The van der Waals surface area contributed by atoms with Gasteiger partial charge in [-0.3, -0.25) is 5.43 Å². The van der Waals surface area contributed by atoms with Gasteiger partial charge in [0.15, 0.2) is 11.5 Å². The fourth-order valence-corrected chi connectivity index (χ4v) is 3.17. The Morgan fingerprint density at radius 1 is 0.931 bits per heavy atom. The van der Waals surface area contributed by atoms with Crippen molar-refractivity contribution in [1.82, 2.24) is 0 Å². The quantitative estimate of drug-likeness (QED) is 0.312. The van der Waals surface area contributed by atoms with Gasteiger partial charge in [-0.25, -0.2) is 0 Å². The van der Waals surface area contributed by atoms with Crippen LogP contribution >= 0.6 is 34.8 Å². The zero-order valence-corrected chi connectivity index (χ0v) is 18.1. The largest absolute Gasteiger partial charge is 0.493 e. The lowest BCUT2D eigenvalue weighted by Crippen LogP contribution is -1.99. The Bertz CT molecular complexity index is 1040. The van der Waals surface area contributed by atoms with Crippen molar-refractivity contribution in [2.75, 3.05) is 12.5 Å². The molecule has 0 spiro atoms. The summed E-state index contributed by atoms with van der Waals surface area (Å²) in [4.78, 5) is 0. The van der Waals surface area contributed by atoms with E-state index in [4.69, 9.17) is 44.3 Å². The van der Waals surface area contributed by atoms with Crippen LogP contribution in [0, 0.1) is 6.92 Å². The summed E-state index contributed by atoms with van der Waals surface area (Å²) in [5.41, 5.74) is 6.47. The van der Waals surface area contributed by atoms with Crippen LogP contribution in [0.4, 0.5) is 5.69 Å². The van der Waals surface area contributed by atoms with Crippen LogP contribution in [0.5, 0.6) is 11.5 Å². The predicted octanol–water partition coefficient (Wildman–Crippen LogP) is 6.99. The summed E-state index contributed by atoms with van der Waals surface area (Å²) in [6.07, 6.45) is 1.69. The van der Waals surface area contributed by atoms with Crippen molar-refractivity contribution < 1.29 is 9.47 Å². The van der Waals surface area contributed by atoms with E-state index in [1.54, 1.807) is 25.5 Å². The number of nitrogens with one attached hydrogen (secondary N) is 1. The maximum absolute atomic E-state index is 6.19. The molecule has 3 aromatic carbocycles. The van der Waals surface area contributed by atoms with Crippen LogP contribution in [0.3, 0.4) is 0 Å². The van der Waals surface area contributed by atoms with E-state index in [2.05, 4.69) is 10.5 Å². The number of methoxy groups -OCH3 is 1. The Morgan fingerprint density at radius 2 is 1.76 bits per heavy atom. The SMILES string of the molecule is COc1cc(/C=N/Nc2ccc(C)c(Cl)c2)ccc1OCc1ccc(Cl)cc1Cl. The van der Waals surface area contributed by atoms with Gasteiger partial charge in [-0.1, -0.05) is 46.9 Å². The van der Waals surface area contributed by atoms with E-state index in [0.29, 0.717) is 33.2 Å². The van der Waals surface area contributed by atoms with E-state index >= 15 is 0 Å². The maximum Gasteiger partial charge on any atom is 0.161 e. The lowest BCUT2D eigenvalue weighted by atomic mass is 10.2. The molecule has 0 aromatic heterocycles. The van der Waals surface area contributed by atoms with Crippen LogP contribution in [-0.4, -0.2) is 13.3 Å². The normalized spacial score (nSPS) is 10.9.